The van der Waals surface area contributed by atoms with Crippen LogP contribution in [-0.4, -0.2) is 98.7 Å². The van der Waals surface area contributed by atoms with Gasteiger partial charge in [0.25, 0.3) is 0 Å². The Bertz CT molecular complexity index is 895. The maximum atomic E-state index is 11.9. The summed E-state index contributed by atoms with van der Waals surface area (Å²) in [6, 6.07) is -1.05. The molecule has 0 amide bonds. The van der Waals surface area contributed by atoms with E-state index in [1.165, 1.54) is 44.6 Å². The van der Waals surface area contributed by atoms with E-state index in [0.717, 1.165) is 39.3 Å². The number of anilines is 3. The van der Waals surface area contributed by atoms with E-state index in [1.54, 1.807) is 0 Å². The SMILES string of the molecule is CN1CCN(CCNc2nc(NCC3CCCCC3)nc(NC(C(=O)O)c3cnc[nH]3)n2)CC1. The fraction of sp³-hybridized carbons (Fsp3) is 0.682. The number of piperazine rings is 1. The number of H-pyrrole nitrogens is 1. The standard InChI is InChI=1S/C22H36N10O2/c1-31-9-11-32(12-10-31)8-7-24-20-28-21(25-13-16-5-3-2-4-6-16)30-22(29-20)27-18(19(33)34)17-14-23-15-26-17/h14-16,18H,2-13H2,1H3,(H,23,26)(H,33,34)(H3,24,25,27,28,29,30). The quantitative estimate of drug-likeness (QED) is 0.324. The number of nitrogens with zero attached hydrogens (tertiary/aromatic N) is 6. The Morgan fingerprint density at radius 1 is 1.09 bits per heavy atom. The molecule has 0 radical (unpaired) electrons. The summed E-state index contributed by atoms with van der Waals surface area (Å²) in [6.07, 6.45) is 9.18. The third-order valence-corrected chi connectivity index (χ3v) is 6.57. The lowest BCUT2D eigenvalue weighted by atomic mass is 9.89. The molecule has 2 aromatic rings. The Morgan fingerprint density at radius 2 is 1.79 bits per heavy atom. The van der Waals surface area contributed by atoms with Gasteiger partial charge in [0.05, 0.1) is 18.2 Å². The summed E-state index contributed by atoms with van der Waals surface area (Å²) >= 11 is 0. The number of aliphatic carboxylic acids is 1. The average Bonchev–Trinajstić information content (AvgIpc) is 3.37. The molecule has 2 aromatic heterocycles. The lowest BCUT2D eigenvalue weighted by Crippen LogP contribution is -2.45. The maximum absolute atomic E-state index is 11.9. The number of imidazole rings is 1. The zero-order chi connectivity index (χ0) is 23.8. The van der Waals surface area contributed by atoms with Gasteiger partial charge in [0.1, 0.15) is 0 Å². The summed E-state index contributed by atoms with van der Waals surface area (Å²) in [5, 5.41) is 19.3. The Balaban J connectivity index is 1.43. The van der Waals surface area contributed by atoms with Gasteiger partial charge in [-0.2, -0.15) is 15.0 Å². The van der Waals surface area contributed by atoms with Gasteiger partial charge in [-0.3, -0.25) is 4.90 Å². The van der Waals surface area contributed by atoms with Crippen LogP contribution in [0.5, 0.6) is 0 Å². The molecule has 1 saturated carbocycles. The van der Waals surface area contributed by atoms with Gasteiger partial charge in [-0.15, -0.1) is 0 Å². The number of carboxylic acids is 1. The van der Waals surface area contributed by atoms with Gasteiger partial charge < -0.3 is 30.9 Å². The molecule has 0 aromatic carbocycles. The number of aromatic amines is 1. The first-order valence-electron chi connectivity index (χ1n) is 12.2. The van der Waals surface area contributed by atoms with Crippen molar-refractivity contribution in [1.82, 2.24) is 34.7 Å². The predicted octanol–water partition coefficient (Wildman–Crippen LogP) is 1.48. The van der Waals surface area contributed by atoms with Gasteiger partial charge in [-0.05, 0) is 25.8 Å². The molecule has 34 heavy (non-hydrogen) atoms. The molecule has 3 heterocycles. The van der Waals surface area contributed by atoms with E-state index in [-0.39, 0.29) is 5.95 Å². The van der Waals surface area contributed by atoms with Gasteiger partial charge in [-0.25, -0.2) is 9.78 Å². The molecule has 1 aliphatic carbocycles. The summed E-state index contributed by atoms with van der Waals surface area (Å²) in [7, 11) is 2.14. The molecule has 12 heteroatoms. The molecule has 0 bridgehead atoms. The highest BCUT2D eigenvalue weighted by molar-refractivity contribution is 5.77. The highest BCUT2D eigenvalue weighted by Crippen LogP contribution is 2.24. The van der Waals surface area contributed by atoms with Crippen LogP contribution in [0.1, 0.15) is 43.8 Å². The van der Waals surface area contributed by atoms with Crippen LogP contribution in [-0.2, 0) is 4.79 Å². The number of rotatable bonds is 11. The van der Waals surface area contributed by atoms with E-state index >= 15 is 0 Å². The Labute approximate surface area is 200 Å². The largest absolute Gasteiger partial charge is 0.479 e. The normalized spacial score (nSPS) is 19.0. The van der Waals surface area contributed by atoms with Crippen LogP contribution >= 0.6 is 0 Å². The molecule has 0 spiro atoms. The molecule has 5 N–H and O–H groups in total. The van der Waals surface area contributed by atoms with Gasteiger partial charge in [-0.1, -0.05) is 19.3 Å². The zero-order valence-corrected chi connectivity index (χ0v) is 19.8. The second-order valence-corrected chi connectivity index (χ2v) is 9.19. The van der Waals surface area contributed by atoms with E-state index in [0.29, 0.717) is 30.1 Å². The van der Waals surface area contributed by atoms with Gasteiger partial charge in [0, 0.05) is 45.8 Å². The minimum Gasteiger partial charge on any atom is -0.479 e. The minimum atomic E-state index is -1.05. The first kappa shape index (κ1) is 24.1. The Hall–Kier alpha value is -2.99. The number of hydrogen-bond acceptors (Lipinski definition) is 10. The van der Waals surface area contributed by atoms with Crippen molar-refractivity contribution in [1.29, 1.82) is 0 Å². The van der Waals surface area contributed by atoms with Crippen LogP contribution in [0.3, 0.4) is 0 Å². The van der Waals surface area contributed by atoms with Crippen molar-refractivity contribution in [3.63, 3.8) is 0 Å². The smallest absolute Gasteiger partial charge is 0.332 e. The summed E-state index contributed by atoms with van der Waals surface area (Å²) in [6.45, 7) is 6.60. The van der Waals surface area contributed by atoms with Crippen molar-refractivity contribution < 1.29 is 9.90 Å². The third kappa shape index (κ3) is 7.00. The second kappa shape index (κ2) is 11.9. The molecule has 1 atom stereocenters. The van der Waals surface area contributed by atoms with Gasteiger partial charge >= 0.3 is 5.97 Å². The van der Waals surface area contributed by atoms with Crippen LogP contribution in [0.2, 0.25) is 0 Å². The number of hydrogen-bond donors (Lipinski definition) is 5. The average molecular weight is 473 g/mol. The molecule has 1 saturated heterocycles. The summed E-state index contributed by atoms with van der Waals surface area (Å²) in [5.41, 5.74) is 0.425. The van der Waals surface area contributed by atoms with Crippen LogP contribution in [0.25, 0.3) is 0 Å². The third-order valence-electron chi connectivity index (χ3n) is 6.57. The van der Waals surface area contributed by atoms with E-state index in [4.69, 9.17) is 0 Å². The highest BCUT2D eigenvalue weighted by atomic mass is 16.4. The zero-order valence-electron chi connectivity index (χ0n) is 19.8. The molecule has 12 nitrogen and oxygen atoms in total. The number of carbonyl (C=O) groups is 1. The molecular formula is C22H36N10O2. The monoisotopic (exact) mass is 472 g/mol. The maximum Gasteiger partial charge on any atom is 0.332 e. The number of nitrogens with one attached hydrogen (secondary N) is 4. The first-order chi connectivity index (χ1) is 16.6. The van der Waals surface area contributed by atoms with Crippen molar-refractivity contribution in [2.24, 2.45) is 5.92 Å². The van der Waals surface area contributed by atoms with E-state index in [9.17, 15) is 9.90 Å². The fourth-order valence-corrected chi connectivity index (χ4v) is 4.45. The Morgan fingerprint density at radius 3 is 2.47 bits per heavy atom. The topological polar surface area (TPSA) is 147 Å². The molecule has 1 aliphatic heterocycles. The predicted molar refractivity (Wildman–Crippen MR) is 130 cm³/mol. The van der Waals surface area contributed by atoms with E-state index < -0.39 is 12.0 Å². The molecule has 2 fully saturated rings. The van der Waals surface area contributed by atoms with Crippen LogP contribution in [0, 0.1) is 5.92 Å². The molecule has 1 unspecified atom stereocenters. The second-order valence-electron chi connectivity index (χ2n) is 9.19. The number of aromatic nitrogens is 5. The fourth-order valence-electron chi connectivity index (χ4n) is 4.45. The van der Waals surface area contributed by atoms with Crippen LogP contribution in [0.15, 0.2) is 12.5 Å². The van der Waals surface area contributed by atoms with Crippen LogP contribution in [0.4, 0.5) is 17.8 Å². The van der Waals surface area contributed by atoms with Crippen molar-refractivity contribution >= 4 is 23.8 Å². The number of likely N-dealkylation sites (N-methyl/N-ethyl adjacent to an activating group) is 1. The highest BCUT2D eigenvalue weighted by Gasteiger charge is 2.23. The van der Waals surface area contributed by atoms with Crippen molar-refractivity contribution in [3.05, 3.63) is 18.2 Å². The summed E-state index contributed by atoms with van der Waals surface area (Å²) in [4.78, 5) is 36.8. The lowest BCUT2D eigenvalue weighted by Gasteiger charge is -2.32. The Kier molecular flexibility index (Phi) is 8.47. The molecule has 186 valence electrons. The molecular weight excluding hydrogens is 436 g/mol. The van der Waals surface area contributed by atoms with Crippen molar-refractivity contribution in [2.75, 3.05) is 68.8 Å². The first-order valence-corrected chi connectivity index (χ1v) is 12.2. The molecule has 4 rings (SSSR count). The van der Waals surface area contributed by atoms with E-state index in [1.807, 2.05) is 0 Å². The van der Waals surface area contributed by atoms with Gasteiger partial charge in [0.15, 0.2) is 6.04 Å². The van der Waals surface area contributed by atoms with Crippen molar-refractivity contribution in [2.45, 2.75) is 38.1 Å². The molecule has 2 aliphatic rings. The summed E-state index contributed by atoms with van der Waals surface area (Å²) in [5.74, 6) is 0.619. The van der Waals surface area contributed by atoms with Crippen LogP contribution < -0.4 is 16.0 Å². The van der Waals surface area contributed by atoms with Gasteiger partial charge in [0.2, 0.25) is 17.8 Å². The van der Waals surface area contributed by atoms with Crippen molar-refractivity contribution in [3.8, 4) is 0 Å². The summed E-state index contributed by atoms with van der Waals surface area (Å²) < 4.78 is 0. The lowest BCUT2D eigenvalue weighted by molar-refractivity contribution is -0.138. The number of carboxylic acid groups (broad SMARTS) is 1. The van der Waals surface area contributed by atoms with E-state index in [2.05, 4.69) is 57.7 Å². The minimum absolute atomic E-state index is 0.199.